The molecule has 0 aliphatic heterocycles. The number of hydrogen-bond acceptors (Lipinski definition) is 7. The number of benzene rings is 1. The number of ether oxygens (including phenoxy) is 1. The molecule has 1 aromatic carbocycles. The summed E-state index contributed by atoms with van der Waals surface area (Å²) in [6.07, 6.45) is 1.59. The molecule has 0 N–H and O–H groups in total. The van der Waals surface area contributed by atoms with Gasteiger partial charge in [0.25, 0.3) is 5.91 Å². The lowest BCUT2D eigenvalue weighted by molar-refractivity contribution is -0.121. The number of thiazole rings is 1. The summed E-state index contributed by atoms with van der Waals surface area (Å²) in [5, 5.41) is 6.11. The maximum Gasteiger partial charge on any atom is 0.344 e. The maximum absolute atomic E-state index is 12.7. The highest BCUT2D eigenvalue weighted by Crippen LogP contribution is 2.27. The van der Waals surface area contributed by atoms with Crippen LogP contribution in [0.1, 0.15) is 21.8 Å². The van der Waals surface area contributed by atoms with Crippen molar-refractivity contribution < 1.29 is 18.8 Å². The molecular weight excluding hydrogens is 378 g/mol. The largest absolute Gasteiger partial charge is 0.452 e. The fourth-order valence-electron chi connectivity index (χ4n) is 2.60. The Hall–Kier alpha value is -3.26. The van der Waals surface area contributed by atoms with Crippen LogP contribution in [0, 0.1) is 13.8 Å². The normalized spacial score (nSPS) is 10.5. The highest BCUT2D eigenvalue weighted by atomic mass is 32.1. The van der Waals surface area contributed by atoms with Gasteiger partial charge in [0.05, 0.1) is 11.4 Å². The zero-order chi connectivity index (χ0) is 20.1. The second kappa shape index (κ2) is 8.62. The minimum Gasteiger partial charge on any atom is -0.452 e. The van der Waals surface area contributed by atoms with Crippen LogP contribution in [0.15, 0.2) is 52.9 Å². The second-order valence-electron chi connectivity index (χ2n) is 5.95. The molecular formula is C20H19N3O4S. The summed E-state index contributed by atoms with van der Waals surface area (Å²) in [5.41, 5.74) is 2.39. The van der Waals surface area contributed by atoms with Crippen molar-refractivity contribution in [3.05, 3.63) is 65.4 Å². The highest BCUT2D eigenvalue weighted by Gasteiger charge is 2.23. The lowest BCUT2D eigenvalue weighted by Gasteiger charge is -2.17. The molecule has 0 aliphatic carbocycles. The molecule has 144 valence electrons. The zero-order valence-electron chi connectivity index (χ0n) is 15.5. The topological polar surface area (TPSA) is 85.5 Å². The molecule has 0 spiro atoms. The van der Waals surface area contributed by atoms with Gasteiger partial charge in [-0.25, -0.2) is 9.78 Å². The number of anilines is 1. The van der Waals surface area contributed by atoms with Gasteiger partial charge in [-0.1, -0.05) is 41.6 Å². The lowest BCUT2D eigenvalue weighted by atomic mass is 10.2. The first-order valence-corrected chi connectivity index (χ1v) is 9.41. The van der Waals surface area contributed by atoms with Crippen LogP contribution in [0.25, 0.3) is 11.3 Å². The SMILES string of the molecule is C=CCN(C(=O)COC(=O)c1c(C)noc1C)c1nc(-c2ccccc2)cs1. The van der Waals surface area contributed by atoms with E-state index in [0.717, 1.165) is 11.3 Å². The Labute approximate surface area is 166 Å². The van der Waals surface area contributed by atoms with E-state index in [0.29, 0.717) is 16.6 Å². The van der Waals surface area contributed by atoms with Crippen LogP contribution in [0.2, 0.25) is 0 Å². The molecule has 0 fully saturated rings. The number of aryl methyl sites for hydroxylation is 2. The van der Waals surface area contributed by atoms with Crippen molar-refractivity contribution in [3.8, 4) is 11.3 Å². The van der Waals surface area contributed by atoms with Gasteiger partial charge in [-0.05, 0) is 13.8 Å². The zero-order valence-corrected chi connectivity index (χ0v) is 16.4. The molecule has 0 unspecified atom stereocenters. The molecule has 0 radical (unpaired) electrons. The van der Waals surface area contributed by atoms with Crippen molar-refractivity contribution in [2.75, 3.05) is 18.1 Å². The van der Waals surface area contributed by atoms with E-state index in [4.69, 9.17) is 9.26 Å². The molecule has 8 heteroatoms. The Morgan fingerprint density at radius 1 is 1.29 bits per heavy atom. The predicted octanol–water partition coefficient (Wildman–Crippen LogP) is 3.79. The molecule has 7 nitrogen and oxygen atoms in total. The molecule has 0 atom stereocenters. The van der Waals surface area contributed by atoms with Gasteiger partial charge in [0.1, 0.15) is 11.3 Å². The number of nitrogens with zero attached hydrogens (tertiary/aromatic N) is 3. The van der Waals surface area contributed by atoms with E-state index in [1.54, 1.807) is 19.9 Å². The van der Waals surface area contributed by atoms with Crippen LogP contribution in [0.4, 0.5) is 5.13 Å². The minimum atomic E-state index is -0.646. The maximum atomic E-state index is 12.7. The summed E-state index contributed by atoms with van der Waals surface area (Å²) >= 11 is 1.34. The molecule has 0 bridgehead atoms. The predicted molar refractivity (Wildman–Crippen MR) is 106 cm³/mol. The first kappa shape index (κ1) is 19.5. The smallest absolute Gasteiger partial charge is 0.344 e. The van der Waals surface area contributed by atoms with Crippen molar-refractivity contribution in [1.82, 2.24) is 10.1 Å². The molecule has 0 aliphatic rings. The summed E-state index contributed by atoms with van der Waals surface area (Å²) in [6.45, 7) is 6.77. The van der Waals surface area contributed by atoms with E-state index in [9.17, 15) is 9.59 Å². The number of aromatic nitrogens is 2. The summed E-state index contributed by atoms with van der Waals surface area (Å²) in [4.78, 5) is 30.9. The van der Waals surface area contributed by atoms with Gasteiger partial charge in [0, 0.05) is 17.5 Å². The van der Waals surface area contributed by atoms with Crippen LogP contribution in [-0.4, -0.2) is 35.2 Å². The third-order valence-electron chi connectivity index (χ3n) is 3.97. The van der Waals surface area contributed by atoms with E-state index < -0.39 is 18.5 Å². The van der Waals surface area contributed by atoms with Crippen molar-refractivity contribution in [3.63, 3.8) is 0 Å². The monoisotopic (exact) mass is 397 g/mol. The molecule has 1 amide bonds. The lowest BCUT2D eigenvalue weighted by Crippen LogP contribution is -2.35. The highest BCUT2D eigenvalue weighted by molar-refractivity contribution is 7.14. The Morgan fingerprint density at radius 2 is 2.04 bits per heavy atom. The van der Waals surface area contributed by atoms with Gasteiger partial charge < -0.3 is 9.26 Å². The Morgan fingerprint density at radius 3 is 2.68 bits per heavy atom. The quantitative estimate of drug-likeness (QED) is 0.445. The third-order valence-corrected chi connectivity index (χ3v) is 4.83. The minimum absolute atomic E-state index is 0.240. The van der Waals surface area contributed by atoms with E-state index in [-0.39, 0.29) is 12.1 Å². The van der Waals surface area contributed by atoms with Gasteiger partial charge in [-0.2, -0.15) is 0 Å². The van der Waals surface area contributed by atoms with Crippen LogP contribution in [0.3, 0.4) is 0 Å². The van der Waals surface area contributed by atoms with Gasteiger partial charge in [-0.3, -0.25) is 9.69 Å². The average molecular weight is 397 g/mol. The van der Waals surface area contributed by atoms with Gasteiger partial charge in [0.2, 0.25) is 0 Å². The molecule has 2 aromatic heterocycles. The van der Waals surface area contributed by atoms with Crippen molar-refractivity contribution in [2.45, 2.75) is 13.8 Å². The molecule has 2 heterocycles. The number of carbonyl (C=O) groups is 2. The Bertz CT molecular complexity index is 975. The molecule has 3 aromatic rings. The van der Waals surface area contributed by atoms with Crippen LogP contribution in [0.5, 0.6) is 0 Å². The molecule has 28 heavy (non-hydrogen) atoms. The summed E-state index contributed by atoms with van der Waals surface area (Å²) in [6, 6.07) is 9.68. The van der Waals surface area contributed by atoms with E-state index in [1.165, 1.54) is 16.2 Å². The summed E-state index contributed by atoms with van der Waals surface area (Å²) in [5.74, 6) is -0.688. The number of carbonyl (C=O) groups excluding carboxylic acids is 2. The van der Waals surface area contributed by atoms with E-state index in [1.807, 2.05) is 35.7 Å². The van der Waals surface area contributed by atoms with Gasteiger partial charge >= 0.3 is 5.97 Å². The summed E-state index contributed by atoms with van der Waals surface area (Å²) < 4.78 is 10.1. The fraction of sp³-hybridized carbons (Fsp3) is 0.200. The van der Waals surface area contributed by atoms with Crippen molar-refractivity contribution in [1.29, 1.82) is 0 Å². The first-order valence-electron chi connectivity index (χ1n) is 8.53. The van der Waals surface area contributed by atoms with Crippen molar-refractivity contribution >= 4 is 28.3 Å². The van der Waals surface area contributed by atoms with E-state index in [2.05, 4.69) is 16.7 Å². The fourth-order valence-corrected chi connectivity index (χ4v) is 3.46. The third kappa shape index (κ3) is 4.17. The van der Waals surface area contributed by atoms with Crippen molar-refractivity contribution in [2.24, 2.45) is 0 Å². The van der Waals surface area contributed by atoms with Crippen LogP contribution >= 0.6 is 11.3 Å². The molecule has 3 rings (SSSR count). The Balaban J connectivity index is 1.72. The molecule has 0 saturated heterocycles. The average Bonchev–Trinajstić information content (AvgIpc) is 3.31. The van der Waals surface area contributed by atoms with Crippen LogP contribution < -0.4 is 4.90 Å². The number of amides is 1. The number of hydrogen-bond donors (Lipinski definition) is 0. The van der Waals surface area contributed by atoms with Gasteiger partial charge in [0.15, 0.2) is 11.7 Å². The second-order valence-corrected chi connectivity index (χ2v) is 6.79. The van der Waals surface area contributed by atoms with Gasteiger partial charge in [-0.15, -0.1) is 17.9 Å². The number of esters is 1. The van der Waals surface area contributed by atoms with Crippen LogP contribution in [-0.2, 0) is 9.53 Å². The summed E-state index contributed by atoms with van der Waals surface area (Å²) in [7, 11) is 0. The standard InChI is InChI=1S/C20H19N3O4S/c1-4-10-23(20-21-16(12-28-20)15-8-6-5-7-9-15)17(24)11-26-19(25)18-13(2)22-27-14(18)3/h4-9,12H,1,10-11H2,2-3H3. The first-order chi connectivity index (χ1) is 13.5. The molecule has 0 saturated carbocycles. The Kier molecular flexibility index (Phi) is 6.00. The van der Waals surface area contributed by atoms with E-state index >= 15 is 0 Å². The number of rotatable bonds is 7.